The molecule has 0 saturated heterocycles. The molecule has 0 heterocycles. The van der Waals surface area contributed by atoms with Crippen molar-refractivity contribution in [3.63, 3.8) is 0 Å². The van der Waals surface area contributed by atoms with Gasteiger partial charge in [0.2, 0.25) is 0 Å². The van der Waals surface area contributed by atoms with Gasteiger partial charge >= 0.3 is 19.5 Å². The van der Waals surface area contributed by atoms with E-state index in [4.69, 9.17) is 20.0 Å². The Morgan fingerprint density at radius 3 is 1.47 bits per heavy atom. The van der Waals surface area contributed by atoms with Crippen LogP contribution in [0.2, 0.25) is 0 Å². The van der Waals surface area contributed by atoms with Crippen LogP contribution in [-0.4, -0.2) is 45.3 Å². The minimum atomic E-state index is -4.37. The van der Waals surface area contributed by atoms with Crippen LogP contribution in [0.3, 0.4) is 0 Å². The van der Waals surface area contributed by atoms with Crippen LogP contribution in [0.1, 0.15) is 43.0 Å². The second-order valence-corrected chi connectivity index (χ2v) is 12.7. The third-order valence-electron chi connectivity index (χ3n) is 3.72. The van der Waals surface area contributed by atoms with Crippen LogP contribution >= 0.6 is 14.7 Å². The first kappa shape index (κ1) is 25.8. The van der Waals surface area contributed by atoms with Gasteiger partial charge in [0.15, 0.2) is 0 Å². The Labute approximate surface area is 175 Å². The maximum atomic E-state index is 11.6. The molecular weight excluding hydrogens is 430 g/mol. The van der Waals surface area contributed by atoms with Crippen molar-refractivity contribution in [2.24, 2.45) is 0 Å². The zero-order valence-electron chi connectivity index (χ0n) is 17.2. The molecule has 0 aliphatic carbocycles. The Balaban J connectivity index is 0.000000311. The molecule has 0 bridgehead atoms. The third-order valence-corrected chi connectivity index (χ3v) is 5.62. The summed E-state index contributed by atoms with van der Waals surface area (Å²) in [5.41, 5.74) is 3.02. The van der Waals surface area contributed by atoms with Gasteiger partial charge < -0.3 is 24.6 Å². The van der Waals surface area contributed by atoms with Gasteiger partial charge in [0.25, 0.3) is 0 Å². The second kappa shape index (κ2) is 10.2. The molecule has 0 aliphatic rings. The van der Waals surface area contributed by atoms with Crippen LogP contribution in [0.4, 0.5) is 0 Å². The molecule has 2 aromatic carbocycles. The van der Waals surface area contributed by atoms with Crippen molar-refractivity contribution in [1.29, 1.82) is 0 Å². The van der Waals surface area contributed by atoms with Crippen molar-refractivity contribution in [3.05, 3.63) is 69.8 Å². The highest BCUT2D eigenvalue weighted by atomic mass is 31.2. The second-order valence-electron chi connectivity index (χ2n) is 7.58. The Hall–Kier alpha value is -2.24. The molecule has 0 aromatic heterocycles. The number of aromatic carboxylic acids is 2. The van der Waals surface area contributed by atoms with Crippen molar-refractivity contribution < 1.29 is 38.7 Å². The summed E-state index contributed by atoms with van der Waals surface area (Å²) in [4.78, 5) is 38.9. The molecule has 0 aliphatic heterocycles. The minimum Gasteiger partial charge on any atom is -0.478 e. The van der Waals surface area contributed by atoms with Crippen molar-refractivity contribution in [1.82, 2.24) is 0 Å². The maximum Gasteiger partial charge on any atom is 0.335 e. The molecule has 0 fully saturated rings. The summed E-state index contributed by atoms with van der Waals surface area (Å²) < 4.78 is 22.4. The largest absolute Gasteiger partial charge is 0.478 e. The van der Waals surface area contributed by atoms with E-state index in [1.165, 1.54) is 16.7 Å². The topological polar surface area (TPSA) is 149 Å². The Morgan fingerprint density at radius 2 is 1.13 bits per heavy atom. The zero-order valence-corrected chi connectivity index (χ0v) is 19.0. The number of benzene rings is 2. The normalized spacial score (nSPS) is 11.4. The third kappa shape index (κ3) is 9.99. The summed E-state index contributed by atoms with van der Waals surface area (Å²) in [7, 11) is -6.30. The van der Waals surface area contributed by atoms with Gasteiger partial charge in [-0.15, -0.1) is 0 Å². The first-order valence-electron chi connectivity index (χ1n) is 8.82. The Kier molecular flexibility index (Phi) is 8.76. The average Bonchev–Trinajstić information content (AvgIpc) is 2.50. The van der Waals surface area contributed by atoms with Crippen LogP contribution < -0.4 is 0 Å². The summed E-state index contributed by atoms with van der Waals surface area (Å²) in [6.45, 7) is 7.83. The molecular formula is C20H26O8P2. The van der Waals surface area contributed by atoms with Crippen LogP contribution in [0.5, 0.6) is 0 Å². The first-order valence-corrected chi connectivity index (χ1v) is 13.4. The van der Waals surface area contributed by atoms with E-state index >= 15 is 0 Å². The molecule has 0 saturated carbocycles. The van der Waals surface area contributed by atoms with Crippen LogP contribution in [0.25, 0.3) is 0 Å². The van der Waals surface area contributed by atoms with Crippen LogP contribution in [0, 0.1) is 13.8 Å². The summed E-state index contributed by atoms with van der Waals surface area (Å²) in [6.07, 6.45) is 0.0178. The van der Waals surface area contributed by atoms with Crippen LogP contribution in [0.15, 0.2) is 36.4 Å². The predicted octanol–water partition coefficient (Wildman–Crippen LogP) is 4.19. The Morgan fingerprint density at radius 1 is 0.733 bits per heavy atom. The molecule has 10 heteroatoms. The summed E-state index contributed by atoms with van der Waals surface area (Å²) in [5.74, 6) is -2.72. The monoisotopic (exact) mass is 456 g/mol. The van der Waals surface area contributed by atoms with E-state index in [-0.39, 0.29) is 16.7 Å². The van der Waals surface area contributed by atoms with E-state index in [1.807, 2.05) is 13.3 Å². The average molecular weight is 456 g/mol. The fourth-order valence-corrected chi connectivity index (χ4v) is 4.59. The van der Waals surface area contributed by atoms with Crippen molar-refractivity contribution in [2.75, 3.05) is 13.3 Å². The lowest BCUT2D eigenvalue weighted by molar-refractivity contribution is 0.0696. The minimum absolute atomic E-state index is 0.0318. The first-order chi connectivity index (χ1) is 13.6. The number of carboxylic acid groups (broad SMARTS) is 2. The van der Waals surface area contributed by atoms with Crippen LogP contribution in [-0.2, 0) is 21.5 Å². The van der Waals surface area contributed by atoms with Gasteiger partial charge in [-0.1, -0.05) is 29.3 Å². The number of carbonyl (C=O) groups is 2. The molecule has 2 aromatic rings. The van der Waals surface area contributed by atoms with E-state index in [1.54, 1.807) is 0 Å². The summed E-state index contributed by atoms with van der Waals surface area (Å²) in [6, 6.07) is 9.37. The van der Waals surface area contributed by atoms with Gasteiger partial charge in [0.05, 0.1) is 24.4 Å². The molecule has 0 atom stereocenters. The quantitative estimate of drug-likeness (QED) is 0.473. The number of hydrogen-bond donors (Lipinski definition) is 4. The smallest absolute Gasteiger partial charge is 0.335 e. The van der Waals surface area contributed by atoms with Gasteiger partial charge in [-0.3, -0.25) is 4.57 Å². The predicted molar refractivity (Wildman–Crippen MR) is 115 cm³/mol. The zero-order chi connectivity index (χ0) is 23.3. The van der Waals surface area contributed by atoms with Crippen molar-refractivity contribution >= 4 is 26.7 Å². The maximum absolute atomic E-state index is 11.6. The van der Waals surface area contributed by atoms with Crippen molar-refractivity contribution in [2.45, 2.75) is 26.2 Å². The van der Waals surface area contributed by atoms with Gasteiger partial charge in [-0.25, -0.2) is 9.59 Å². The molecule has 4 N–H and O–H groups in total. The van der Waals surface area contributed by atoms with E-state index < -0.39 is 32.8 Å². The lowest BCUT2D eigenvalue weighted by atomic mass is 10.1. The molecule has 164 valence electrons. The van der Waals surface area contributed by atoms with E-state index in [0.29, 0.717) is 0 Å². The van der Waals surface area contributed by atoms with Crippen molar-refractivity contribution in [3.8, 4) is 0 Å². The number of rotatable bonds is 6. The molecule has 30 heavy (non-hydrogen) atoms. The highest BCUT2D eigenvalue weighted by molar-refractivity contribution is 7.61. The molecule has 2 rings (SSSR count). The number of hydrogen-bond acceptors (Lipinski definition) is 4. The highest BCUT2D eigenvalue weighted by Gasteiger charge is 2.18. The van der Waals surface area contributed by atoms with Gasteiger partial charge in [-0.05, 0) is 56.5 Å². The SMILES string of the molecule is Cc1cc(C)cc(CP(C)(C)=O)c1.O=C(O)c1cc(CP(=O)(O)O)cc(C(=O)O)c1. The lowest BCUT2D eigenvalue weighted by Gasteiger charge is -2.08. The molecule has 0 amide bonds. The number of aryl methyl sites for hydroxylation is 2. The van der Waals surface area contributed by atoms with E-state index in [0.717, 1.165) is 24.4 Å². The Bertz CT molecular complexity index is 981. The molecule has 0 unspecified atom stereocenters. The standard InChI is InChI=1S/C11H17OP.C9H9O7P/c1-9-5-10(2)7-11(6-9)8-13(3,4)12;10-8(11)6-1-5(4-17(14,15)16)2-7(3-6)9(12)13/h5-7H,8H2,1-4H3;1-3H,4H2,(H,10,11)(H,12,13)(H2,14,15,16). The summed E-state index contributed by atoms with van der Waals surface area (Å²) >= 11 is 0. The lowest BCUT2D eigenvalue weighted by Crippen LogP contribution is -2.04. The van der Waals surface area contributed by atoms with Gasteiger partial charge in [0.1, 0.15) is 0 Å². The highest BCUT2D eigenvalue weighted by Crippen LogP contribution is 2.40. The summed E-state index contributed by atoms with van der Waals surface area (Å²) in [5, 5.41) is 17.5. The fourth-order valence-electron chi connectivity index (χ4n) is 2.87. The molecule has 0 spiro atoms. The van der Waals surface area contributed by atoms with E-state index in [2.05, 4.69) is 32.0 Å². The number of carboxylic acids is 2. The van der Waals surface area contributed by atoms with E-state index in [9.17, 15) is 18.7 Å². The molecule has 0 radical (unpaired) electrons. The van der Waals surface area contributed by atoms with Gasteiger partial charge in [-0.2, -0.15) is 0 Å². The fraction of sp³-hybridized carbons (Fsp3) is 0.300. The van der Waals surface area contributed by atoms with Gasteiger partial charge in [0, 0.05) is 6.16 Å². The molecule has 8 nitrogen and oxygen atoms in total.